The molecule has 3 aromatic rings. The van der Waals surface area contributed by atoms with Gasteiger partial charge >= 0.3 is 6.03 Å². The number of nitrogens with one attached hydrogen (secondary N) is 2. The molecular formula is C39H45N11O6. The molecule has 292 valence electrons. The van der Waals surface area contributed by atoms with Crippen LogP contribution in [0.4, 0.5) is 27.8 Å². The van der Waals surface area contributed by atoms with E-state index in [2.05, 4.69) is 42.5 Å². The number of piperidine rings is 2. The Labute approximate surface area is 323 Å². The Balaban J connectivity index is 0.832. The van der Waals surface area contributed by atoms with Gasteiger partial charge in [-0.1, -0.05) is 6.07 Å². The van der Waals surface area contributed by atoms with E-state index in [9.17, 15) is 29.1 Å². The van der Waals surface area contributed by atoms with Gasteiger partial charge in [-0.15, -0.1) is 0 Å². The molecule has 4 fully saturated rings. The predicted molar refractivity (Wildman–Crippen MR) is 204 cm³/mol. The summed E-state index contributed by atoms with van der Waals surface area (Å²) in [4.78, 5) is 84.1. The topological polar surface area (TPSA) is 201 Å². The Morgan fingerprint density at radius 3 is 2.46 bits per heavy atom. The smallest absolute Gasteiger partial charge is 0.320 e. The number of hydrogen-bond acceptors (Lipinski definition) is 12. The van der Waals surface area contributed by atoms with E-state index in [1.165, 1.54) is 11.1 Å². The van der Waals surface area contributed by atoms with Crippen LogP contribution in [-0.4, -0.2) is 142 Å². The van der Waals surface area contributed by atoms with Crippen LogP contribution >= 0.6 is 0 Å². The number of carbonyl (C=O) groups is 5. The lowest BCUT2D eigenvalue weighted by Gasteiger charge is -2.48. The predicted octanol–water partition coefficient (Wildman–Crippen LogP) is 1.10. The van der Waals surface area contributed by atoms with Crippen LogP contribution in [0.1, 0.15) is 68.0 Å². The van der Waals surface area contributed by atoms with Gasteiger partial charge in [0.05, 0.1) is 29.4 Å². The average Bonchev–Trinajstić information content (AvgIpc) is 3.63. The van der Waals surface area contributed by atoms with Crippen molar-refractivity contribution in [1.29, 1.82) is 0 Å². The van der Waals surface area contributed by atoms with E-state index in [4.69, 9.17) is 10.7 Å². The minimum Gasteiger partial charge on any atom is -0.372 e. The quantitative estimate of drug-likeness (QED) is 0.239. The normalized spacial score (nSPS) is 24.3. The number of aliphatic hydroxyl groups excluding tert-OH is 1. The third-order valence-corrected chi connectivity index (χ3v) is 12.2. The molecule has 3 atom stereocenters. The number of nitrogens with zero attached hydrogens (tertiary/aromatic N) is 8. The second-order valence-corrected chi connectivity index (χ2v) is 15.6. The molecule has 5 N–H and O–H groups in total. The zero-order valence-corrected chi connectivity index (χ0v) is 31.2. The molecule has 1 aromatic heterocycles. The van der Waals surface area contributed by atoms with Crippen LogP contribution in [-0.2, 0) is 17.8 Å². The minimum atomic E-state index is -1.29. The van der Waals surface area contributed by atoms with Crippen molar-refractivity contribution >= 4 is 52.7 Å². The number of carbonyl (C=O) groups excluding carboxylic acids is 5. The standard InChI is InChI=1S/C39H45N11O6/c1-45-13-14-49(39(45)56)26-3-2-11-47(19-26)31-17-41-33(34(40)52)35(43-31)42-24-5-4-23-18-46(12-10-22(23)15-24)27-20-48(21-27)25-6-7-28-29(16-25)38(55)50(37(28)54)30-8-9-32(51)44-36(30)53/h4-7,15-17,26-27,30,36,53H,2-3,8-14,18-21H2,1H3,(H2,40,52)(H,42,43)(H,44,51)/t26-,30?,36?/m1/s1. The molecule has 9 rings (SSSR count). The summed E-state index contributed by atoms with van der Waals surface area (Å²) in [5.41, 5.74) is 10.5. The molecule has 6 aliphatic rings. The van der Waals surface area contributed by atoms with Gasteiger partial charge in [0.1, 0.15) is 12.0 Å². The largest absolute Gasteiger partial charge is 0.372 e. The summed E-state index contributed by atoms with van der Waals surface area (Å²) in [6, 6.07) is 11.1. The van der Waals surface area contributed by atoms with Crippen LogP contribution in [0.5, 0.6) is 0 Å². The maximum atomic E-state index is 13.4. The number of aromatic nitrogens is 2. The maximum absolute atomic E-state index is 13.4. The highest BCUT2D eigenvalue weighted by atomic mass is 16.3. The van der Waals surface area contributed by atoms with Gasteiger partial charge in [0.15, 0.2) is 11.5 Å². The van der Waals surface area contributed by atoms with Crippen LogP contribution < -0.4 is 26.2 Å². The van der Waals surface area contributed by atoms with E-state index in [0.29, 0.717) is 41.9 Å². The first kappa shape index (κ1) is 35.9. The van der Waals surface area contributed by atoms with Crippen LogP contribution in [0.25, 0.3) is 0 Å². The zero-order chi connectivity index (χ0) is 38.8. The molecule has 2 unspecified atom stereocenters. The number of benzene rings is 2. The first-order chi connectivity index (χ1) is 27.0. The molecule has 0 radical (unpaired) electrons. The van der Waals surface area contributed by atoms with Gasteiger partial charge in [-0.05, 0) is 67.1 Å². The first-order valence-electron chi connectivity index (χ1n) is 19.3. The molecule has 17 nitrogen and oxygen atoms in total. The fraction of sp³-hybridized carbons (Fsp3) is 0.462. The summed E-state index contributed by atoms with van der Waals surface area (Å²) in [7, 11) is 1.83. The Bertz CT molecular complexity index is 2140. The monoisotopic (exact) mass is 763 g/mol. The highest BCUT2D eigenvalue weighted by molar-refractivity contribution is 6.22. The Hall–Kier alpha value is -5.81. The Kier molecular flexibility index (Phi) is 8.99. The molecule has 0 aliphatic carbocycles. The van der Waals surface area contributed by atoms with Crippen molar-refractivity contribution in [2.75, 3.05) is 68.0 Å². The van der Waals surface area contributed by atoms with Crippen molar-refractivity contribution in [3.8, 4) is 0 Å². The van der Waals surface area contributed by atoms with Gasteiger partial charge in [0.2, 0.25) is 5.91 Å². The molecule has 2 aromatic carbocycles. The van der Waals surface area contributed by atoms with E-state index in [1.807, 2.05) is 24.1 Å². The number of likely N-dealkylation sites (N-methyl/N-ethyl adjacent to an activating group) is 1. The number of aliphatic hydroxyl groups is 1. The number of amides is 6. The third kappa shape index (κ3) is 6.33. The number of fused-ring (bicyclic) bond motifs is 2. The van der Waals surface area contributed by atoms with Gasteiger partial charge in [0, 0.05) is 83.2 Å². The fourth-order valence-corrected chi connectivity index (χ4v) is 9.01. The second kappa shape index (κ2) is 14.0. The van der Waals surface area contributed by atoms with Gasteiger partial charge < -0.3 is 41.1 Å². The number of hydrogen-bond donors (Lipinski definition) is 4. The summed E-state index contributed by atoms with van der Waals surface area (Å²) < 4.78 is 0. The van der Waals surface area contributed by atoms with Gasteiger partial charge in [-0.2, -0.15) is 0 Å². The summed E-state index contributed by atoms with van der Waals surface area (Å²) in [6.45, 7) is 6.05. The van der Waals surface area contributed by atoms with Crippen LogP contribution in [0.3, 0.4) is 0 Å². The number of anilines is 4. The summed E-state index contributed by atoms with van der Waals surface area (Å²) in [5.74, 6) is -0.948. The molecule has 4 saturated heterocycles. The third-order valence-electron chi connectivity index (χ3n) is 12.2. The molecule has 0 bridgehead atoms. The van der Waals surface area contributed by atoms with Crippen molar-refractivity contribution in [2.24, 2.45) is 5.73 Å². The number of urea groups is 1. The lowest BCUT2D eigenvalue weighted by molar-refractivity contribution is -0.129. The minimum absolute atomic E-state index is 0.0536. The molecule has 6 amide bonds. The highest BCUT2D eigenvalue weighted by Gasteiger charge is 2.45. The van der Waals surface area contributed by atoms with Crippen molar-refractivity contribution in [2.45, 2.75) is 63.0 Å². The Morgan fingerprint density at radius 1 is 0.893 bits per heavy atom. The van der Waals surface area contributed by atoms with Crippen LogP contribution in [0, 0.1) is 0 Å². The SMILES string of the molecule is CN1CCN([C@@H]2CCCN(c3cnc(C(N)=O)c(Nc4ccc5c(c4)CCN(C4CN(c6ccc7c(c6)C(=O)N(C6CCC(=O)NC6O)C7=O)C4)C5)n3)C2)C1=O. The molecule has 6 aliphatic heterocycles. The summed E-state index contributed by atoms with van der Waals surface area (Å²) >= 11 is 0. The second-order valence-electron chi connectivity index (χ2n) is 15.6. The number of primary amides is 1. The number of imide groups is 1. The van der Waals surface area contributed by atoms with E-state index in [1.54, 1.807) is 23.2 Å². The first-order valence-corrected chi connectivity index (χ1v) is 19.3. The van der Waals surface area contributed by atoms with Crippen molar-refractivity contribution < 1.29 is 29.1 Å². The van der Waals surface area contributed by atoms with Gasteiger partial charge in [-0.25, -0.2) is 14.8 Å². The Morgan fingerprint density at radius 2 is 1.70 bits per heavy atom. The number of nitrogens with two attached hydrogens (primary N) is 1. The van der Waals surface area contributed by atoms with Gasteiger partial charge in [0.25, 0.3) is 17.7 Å². The van der Waals surface area contributed by atoms with Gasteiger partial charge in [-0.3, -0.25) is 29.0 Å². The van der Waals surface area contributed by atoms with Crippen molar-refractivity contribution in [3.63, 3.8) is 0 Å². The lowest BCUT2D eigenvalue weighted by Crippen LogP contribution is -2.60. The van der Waals surface area contributed by atoms with E-state index in [0.717, 1.165) is 74.8 Å². The van der Waals surface area contributed by atoms with Crippen molar-refractivity contribution in [1.82, 2.24) is 34.9 Å². The molecule has 0 spiro atoms. The number of rotatable bonds is 8. The summed E-state index contributed by atoms with van der Waals surface area (Å²) in [6.07, 6.45) is 3.33. The van der Waals surface area contributed by atoms with E-state index in [-0.39, 0.29) is 36.5 Å². The average molecular weight is 764 g/mol. The highest BCUT2D eigenvalue weighted by Crippen LogP contribution is 2.35. The lowest BCUT2D eigenvalue weighted by atomic mass is 9.95. The van der Waals surface area contributed by atoms with Crippen LogP contribution in [0.2, 0.25) is 0 Å². The fourth-order valence-electron chi connectivity index (χ4n) is 9.01. The molecule has 0 saturated carbocycles. The molecule has 17 heteroatoms. The molecular weight excluding hydrogens is 719 g/mol. The van der Waals surface area contributed by atoms with E-state index < -0.39 is 30.0 Å². The molecule has 7 heterocycles. The van der Waals surface area contributed by atoms with Crippen molar-refractivity contribution in [3.05, 3.63) is 70.5 Å². The maximum Gasteiger partial charge on any atom is 0.320 e. The summed E-state index contributed by atoms with van der Waals surface area (Å²) in [5, 5.41) is 16.1. The van der Waals surface area contributed by atoms with Crippen LogP contribution in [0.15, 0.2) is 42.6 Å². The van der Waals surface area contributed by atoms with E-state index >= 15 is 0 Å². The molecule has 56 heavy (non-hydrogen) atoms. The zero-order valence-electron chi connectivity index (χ0n) is 31.2.